The molecule has 0 saturated heterocycles. The summed E-state index contributed by atoms with van der Waals surface area (Å²) in [6.07, 6.45) is 1.57. The molecule has 0 aliphatic carbocycles. The number of hydrogen-bond donors (Lipinski definition) is 1. The van der Waals surface area contributed by atoms with Gasteiger partial charge < -0.3 is 4.74 Å². The van der Waals surface area contributed by atoms with E-state index in [-0.39, 0.29) is 11.2 Å². The van der Waals surface area contributed by atoms with E-state index in [1.807, 2.05) is 20.8 Å². The third kappa shape index (κ3) is 2.73. The van der Waals surface area contributed by atoms with Gasteiger partial charge in [0.15, 0.2) is 0 Å². The van der Waals surface area contributed by atoms with Crippen molar-refractivity contribution in [2.75, 3.05) is 0 Å². The summed E-state index contributed by atoms with van der Waals surface area (Å²) in [7, 11) is 0. The van der Waals surface area contributed by atoms with Crippen molar-refractivity contribution >= 4 is 17.7 Å². The number of thiol groups is 1. The number of carbonyl (C=O) groups excluding carboxylic acids is 1. The normalized spacial score (nSPS) is 10.4. The Kier molecular flexibility index (Phi) is 3.52. The molecule has 0 unspecified atom stereocenters. The third-order valence-electron chi connectivity index (χ3n) is 1.65. The van der Waals surface area contributed by atoms with Crippen LogP contribution in [0.15, 0.2) is 12.3 Å². The molecule has 0 aliphatic heterocycles. The first-order chi connectivity index (χ1) is 6.50. The van der Waals surface area contributed by atoms with Crippen molar-refractivity contribution in [1.29, 1.82) is 0 Å². The lowest BCUT2D eigenvalue weighted by atomic mass is 10.2. The molecule has 0 amide bonds. The van der Waals surface area contributed by atoms with Gasteiger partial charge in [0.2, 0.25) is 5.12 Å². The van der Waals surface area contributed by atoms with E-state index >= 15 is 0 Å². The van der Waals surface area contributed by atoms with Crippen LogP contribution < -0.4 is 4.74 Å². The number of carbonyl (C=O) groups is 1. The maximum absolute atomic E-state index is 11.0. The molecule has 0 fully saturated rings. The molecule has 0 atom stereocenters. The van der Waals surface area contributed by atoms with Crippen LogP contribution in [0.1, 0.15) is 29.9 Å². The lowest BCUT2D eigenvalue weighted by Crippen LogP contribution is -2.08. The molecule has 4 heteroatoms. The van der Waals surface area contributed by atoms with E-state index in [9.17, 15) is 4.79 Å². The highest BCUT2D eigenvalue weighted by atomic mass is 32.1. The highest BCUT2D eigenvalue weighted by molar-refractivity contribution is 7.97. The van der Waals surface area contributed by atoms with E-state index in [4.69, 9.17) is 4.74 Å². The van der Waals surface area contributed by atoms with Gasteiger partial charge in [0.05, 0.1) is 17.4 Å². The van der Waals surface area contributed by atoms with Gasteiger partial charge in [0.1, 0.15) is 5.75 Å². The van der Waals surface area contributed by atoms with Crippen LogP contribution in [0.25, 0.3) is 0 Å². The first-order valence-electron chi connectivity index (χ1n) is 4.37. The monoisotopic (exact) mass is 211 g/mol. The molecule has 3 nitrogen and oxygen atoms in total. The second-order valence-electron chi connectivity index (χ2n) is 3.28. The Labute approximate surface area is 88.9 Å². The van der Waals surface area contributed by atoms with E-state index < -0.39 is 0 Å². The van der Waals surface area contributed by atoms with Gasteiger partial charge in [-0.2, -0.15) is 0 Å². The van der Waals surface area contributed by atoms with Gasteiger partial charge in [-0.1, -0.05) is 0 Å². The molecular formula is C10H13NO2S. The van der Waals surface area contributed by atoms with Crippen molar-refractivity contribution in [3.05, 3.63) is 23.5 Å². The van der Waals surface area contributed by atoms with Crippen LogP contribution in [0.5, 0.6) is 5.75 Å². The lowest BCUT2D eigenvalue weighted by molar-refractivity contribution is 0.109. The van der Waals surface area contributed by atoms with Crippen molar-refractivity contribution in [3.63, 3.8) is 0 Å². The van der Waals surface area contributed by atoms with Crippen LogP contribution in [0.2, 0.25) is 0 Å². The fraction of sp³-hybridized carbons (Fsp3) is 0.400. The van der Waals surface area contributed by atoms with Crippen LogP contribution in [0.4, 0.5) is 0 Å². The van der Waals surface area contributed by atoms with Gasteiger partial charge in [-0.05, 0) is 26.8 Å². The maximum atomic E-state index is 11.0. The molecule has 0 bridgehead atoms. The molecule has 0 saturated carbocycles. The maximum Gasteiger partial charge on any atom is 0.218 e. The molecule has 76 valence electrons. The highest BCUT2D eigenvalue weighted by Gasteiger charge is 2.07. The number of hydrogen-bond acceptors (Lipinski definition) is 3. The predicted molar refractivity (Wildman–Crippen MR) is 58.1 cm³/mol. The minimum atomic E-state index is -0.300. The number of aryl methyl sites for hydroxylation is 1. The quantitative estimate of drug-likeness (QED) is 0.779. The first-order valence-corrected chi connectivity index (χ1v) is 4.82. The zero-order valence-corrected chi connectivity index (χ0v) is 9.34. The van der Waals surface area contributed by atoms with Gasteiger partial charge in [0, 0.05) is 6.20 Å². The fourth-order valence-corrected chi connectivity index (χ4v) is 1.13. The Bertz CT molecular complexity index is 350. The van der Waals surface area contributed by atoms with Gasteiger partial charge in [-0.25, -0.2) is 0 Å². The van der Waals surface area contributed by atoms with E-state index in [1.165, 1.54) is 6.20 Å². The van der Waals surface area contributed by atoms with Gasteiger partial charge in [-0.3, -0.25) is 9.78 Å². The van der Waals surface area contributed by atoms with E-state index in [0.29, 0.717) is 11.3 Å². The SMILES string of the molecule is Cc1ncc(C(=O)S)cc1OC(C)C. The second kappa shape index (κ2) is 4.46. The highest BCUT2D eigenvalue weighted by Crippen LogP contribution is 2.19. The minimum Gasteiger partial charge on any atom is -0.489 e. The summed E-state index contributed by atoms with van der Waals surface area (Å²) in [6.45, 7) is 5.69. The summed E-state index contributed by atoms with van der Waals surface area (Å²) in [5.74, 6) is 0.639. The summed E-state index contributed by atoms with van der Waals surface area (Å²) in [5.41, 5.74) is 1.23. The van der Waals surface area contributed by atoms with Crippen molar-refractivity contribution in [2.24, 2.45) is 0 Å². The standard InChI is InChI=1S/C10H13NO2S/c1-6(2)13-9-4-8(10(12)14)5-11-7(9)3/h4-6H,1-3H3,(H,12,14). The average molecular weight is 211 g/mol. The Balaban J connectivity index is 3.02. The predicted octanol–water partition coefficient (Wildman–Crippen LogP) is 2.25. The molecule has 1 heterocycles. The molecular weight excluding hydrogens is 198 g/mol. The fourth-order valence-electron chi connectivity index (χ4n) is 1.00. The van der Waals surface area contributed by atoms with Crippen molar-refractivity contribution in [1.82, 2.24) is 4.98 Å². The summed E-state index contributed by atoms with van der Waals surface area (Å²) in [4.78, 5) is 15.0. The van der Waals surface area contributed by atoms with Crippen molar-refractivity contribution in [3.8, 4) is 5.75 Å². The van der Waals surface area contributed by atoms with Crippen LogP contribution in [-0.4, -0.2) is 16.2 Å². The van der Waals surface area contributed by atoms with Crippen LogP contribution in [-0.2, 0) is 0 Å². The van der Waals surface area contributed by atoms with E-state index in [1.54, 1.807) is 6.07 Å². The van der Waals surface area contributed by atoms with Gasteiger partial charge in [0.25, 0.3) is 0 Å². The number of nitrogens with zero attached hydrogens (tertiary/aromatic N) is 1. The zero-order chi connectivity index (χ0) is 10.7. The van der Waals surface area contributed by atoms with Gasteiger partial charge in [-0.15, -0.1) is 12.6 Å². The van der Waals surface area contributed by atoms with Crippen LogP contribution in [0.3, 0.4) is 0 Å². The Morgan fingerprint density at radius 1 is 1.57 bits per heavy atom. The topological polar surface area (TPSA) is 39.2 Å². The Morgan fingerprint density at radius 3 is 2.71 bits per heavy atom. The number of ether oxygens (including phenoxy) is 1. The molecule has 0 aromatic carbocycles. The van der Waals surface area contributed by atoms with Crippen molar-refractivity contribution in [2.45, 2.75) is 26.9 Å². The van der Waals surface area contributed by atoms with E-state index in [0.717, 1.165) is 5.69 Å². The average Bonchev–Trinajstić information content (AvgIpc) is 2.07. The second-order valence-corrected chi connectivity index (χ2v) is 3.69. The number of pyridine rings is 1. The smallest absolute Gasteiger partial charge is 0.218 e. The summed E-state index contributed by atoms with van der Waals surface area (Å²) in [5, 5.41) is -0.300. The summed E-state index contributed by atoms with van der Waals surface area (Å²) in [6, 6.07) is 1.66. The molecule has 1 aromatic rings. The largest absolute Gasteiger partial charge is 0.489 e. The molecule has 0 N–H and O–H groups in total. The van der Waals surface area contributed by atoms with Crippen LogP contribution >= 0.6 is 12.6 Å². The molecule has 1 aromatic heterocycles. The first kappa shape index (κ1) is 11.0. The molecule has 0 spiro atoms. The number of rotatable bonds is 3. The summed E-state index contributed by atoms with van der Waals surface area (Å²) >= 11 is 3.73. The van der Waals surface area contributed by atoms with E-state index in [2.05, 4.69) is 17.6 Å². The molecule has 1 rings (SSSR count). The molecule has 0 aliphatic rings. The Hall–Kier alpha value is -1.03. The Morgan fingerprint density at radius 2 is 2.21 bits per heavy atom. The third-order valence-corrected chi connectivity index (χ3v) is 1.91. The summed E-state index contributed by atoms with van der Waals surface area (Å²) < 4.78 is 5.49. The number of aromatic nitrogens is 1. The molecule has 14 heavy (non-hydrogen) atoms. The van der Waals surface area contributed by atoms with Gasteiger partial charge >= 0.3 is 0 Å². The lowest BCUT2D eigenvalue weighted by Gasteiger charge is -2.11. The zero-order valence-electron chi connectivity index (χ0n) is 8.44. The van der Waals surface area contributed by atoms with Crippen LogP contribution in [0, 0.1) is 6.92 Å². The van der Waals surface area contributed by atoms with Crippen molar-refractivity contribution < 1.29 is 9.53 Å². The minimum absolute atomic E-state index is 0.0702. The molecule has 0 radical (unpaired) electrons.